The minimum Gasteiger partial charge on any atom is -0.459 e. The second kappa shape index (κ2) is 18.8. The van der Waals surface area contributed by atoms with Gasteiger partial charge >= 0.3 is 5.97 Å². The summed E-state index contributed by atoms with van der Waals surface area (Å²) in [4.78, 5) is 12.1. The predicted octanol–water partition coefficient (Wildman–Crippen LogP) is 7.05. The van der Waals surface area contributed by atoms with Crippen LogP contribution in [-0.4, -0.2) is 67.7 Å². The van der Waals surface area contributed by atoms with E-state index in [-0.39, 0.29) is 18.3 Å². The van der Waals surface area contributed by atoms with Crippen molar-refractivity contribution < 1.29 is 38.0 Å². The van der Waals surface area contributed by atoms with Crippen LogP contribution >= 0.6 is 0 Å². The van der Waals surface area contributed by atoms with Gasteiger partial charge in [0.05, 0.1) is 38.6 Å². The van der Waals surface area contributed by atoms with E-state index in [1.165, 1.54) is 6.92 Å². The zero-order chi connectivity index (χ0) is 33.5. The van der Waals surface area contributed by atoms with Crippen molar-refractivity contribution in [2.45, 2.75) is 102 Å². The van der Waals surface area contributed by atoms with E-state index in [0.29, 0.717) is 45.7 Å². The smallest absolute Gasteiger partial charge is 0.303 e. The van der Waals surface area contributed by atoms with E-state index >= 15 is 0 Å². The Morgan fingerprint density at radius 3 is 2.32 bits per heavy atom. The summed E-state index contributed by atoms with van der Waals surface area (Å²) < 4.78 is 43.7. The fourth-order valence-electron chi connectivity index (χ4n) is 5.57. The molecule has 0 unspecified atom stereocenters. The van der Waals surface area contributed by atoms with Gasteiger partial charge in [0, 0.05) is 13.3 Å². The van der Waals surface area contributed by atoms with Gasteiger partial charge in [0.15, 0.2) is 5.79 Å². The molecule has 2 heterocycles. The van der Waals surface area contributed by atoms with Crippen LogP contribution in [0.2, 0.25) is 0 Å². The van der Waals surface area contributed by atoms with Crippen molar-refractivity contribution in [3.8, 4) is 0 Å². The van der Waals surface area contributed by atoms with Crippen LogP contribution in [0.3, 0.4) is 0 Å². The summed E-state index contributed by atoms with van der Waals surface area (Å²) in [6.45, 7) is 14.7. The molecular weight excluding hydrogens is 596 g/mol. The molecule has 254 valence electrons. The van der Waals surface area contributed by atoms with Gasteiger partial charge in [-0.25, -0.2) is 0 Å². The Labute approximate surface area is 280 Å². The molecule has 7 atom stereocenters. The first kappa shape index (κ1) is 36.5. The molecule has 0 aliphatic carbocycles. The van der Waals surface area contributed by atoms with E-state index in [2.05, 4.69) is 19.2 Å². The number of carbonyl (C=O) groups is 1. The summed E-state index contributed by atoms with van der Waals surface area (Å²) >= 11 is 0. The number of carbonyl (C=O) groups excluding carboxylic acids is 1. The number of hydrogen-bond acceptors (Lipinski definition) is 8. The van der Waals surface area contributed by atoms with E-state index in [1.54, 1.807) is 6.08 Å². The molecule has 4 rings (SSSR count). The Kier molecular flexibility index (Phi) is 14.6. The van der Waals surface area contributed by atoms with E-state index in [0.717, 1.165) is 11.1 Å². The molecule has 0 bridgehead atoms. The van der Waals surface area contributed by atoms with Gasteiger partial charge in [-0.05, 0) is 37.8 Å². The van der Waals surface area contributed by atoms with Crippen LogP contribution in [0.5, 0.6) is 0 Å². The Balaban J connectivity index is 1.56. The van der Waals surface area contributed by atoms with E-state index in [9.17, 15) is 4.79 Å². The lowest BCUT2D eigenvalue weighted by molar-refractivity contribution is -0.175. The molecule has 0 N–H and O–H groups in total. The van der Waals surface area contributed by atoms with Gasteiger partial charge < -0.3 is 33.2 Å². The molecule has 0 amide bonds. The molecule has 0 aromatic heterocycles. The highest BCUT2D eigenvalue weighted by Crippen LogP contribution is 2.27. The largest absolute Gasteiger partial charge is 0.459 e. The van der Waals surface area contributed by atoms with Crippen LogP contribution in [0, 0.1) is 0 Å². The molecule has 2 aromatic rings. The molecule has 2 aliphatic heterocycles. The van der Waals surface area contributed by atoms with Crippen LogP contribution in [0.25, 0.3) is 0 Å². The van der Waals surface area contributed by atoms with Crippen LogP contribution in [0.1, 0.15) is 51.2 Å². The monoisotopic (exact) mass is 646 g/mol. The third-order valence-corrected chi connectivity index (χ3v) is 7.87. The van der Waals surface area contributed by atoms with Crippen LogP contribution in [0.15, 0.2) is 110 Å². The Bertz CT molecular complexity index is 1290. The first-order valence-corrected chi connectivity index (χ1v) is 16.4. The van der Waals surface area contributed by atoms with Crippen molar-refractivity contribution in [1.82, 2.24) is 0 Å². The maximum Gasteiger partial charge on any atom is 0.303 e. The maximum absolute atomic E-state index is 12.1. The zero-order valence-corrected chi connectivity index (χ0v) is 27.9. The van der Waals surface area contributed by atoms with Crippen molar-refractivity contribution >= 4 is 5.97 Å². The molecule has 1 saturated heterocycles. The lowest BCUT2D eigenvalue weighted by atomic mass is 10.0. The topological polar surface area (TPSA) is 81.7 Å². The highest BCUT2D eigenvalue weighted by Gasteiger charge is 2.35. The summed E-state index contributed by atoms with van der Waals surface area (Å²) in [6, 6.07) is 20.1. The summed E-state index contributed by atoms with van der Waals surface area (Å²) in [7, 11) is 0. The molecule has 0 spiro atoms. The highest BCUT2D eigenvalue weighted by molar-refractivity contribution is 5.66. The van der Waals surface area contributed by atoms with E-state index in [4.69, 9.17) is 33.2 Å². The van der Waals surface area contributed by atoms with Gasteiger partial charge in [0.2, 0.25) is 0 Å². The first-order valence-electron chi connectivity index (χ1n) is 16.4. The van der Waals surface area contributed by atoms with Crippen molar-refractivity contribution in [2.24, 2.45) is 0 Å². The van der Waals surface area contributed by atoms with E-state index in [1.807, 2.05) is 98.8 Å². The quantitative estimate of drug-likeness (QED) is 0.134. The Hall–Kier alpha value is -3.37. The molecule has 0 radical (unpaired) electrons. The second-order valence-corrected chi connectivity index (χ2v) is 12.2. The Morgan fingerprint density at radius 1 is 1.00 bits per heavy atom. The fourth-order valence-corrected chi connectivity index (χ4v) is 5.57. The van der Waals surface area contributed by atoms with Crippen molar-refractivity contribution in [3.63, 3.8) is 0 Å². The van der Waals surface area contributed by atoms with Gasteiger partial charge in [0.25, 0.3) is 0 Å². The minimum absolute atomic E-state index is 0.261. The minimum atomic E-state index is -0.677. The van der Waals surface area contributed by atoms with Gasteiger partial charge in [-0.15, -0.1) is 13.2 Å². The average Bonchev–Trinajstić information content (AvgIpc) is 3.40. The van der Waals surface area contributed by atoms with Gasteiger partial charge in [0.1, 0.15) is 30.5 Å². The number of esters is 1. The molecular formula is C39H50O8. The predicted molar refractivity (Wildman–Crippen MR) is 181 cm³/mol. The average molecular weight is 647 g/mol. The number of benzene rings is 2. The van der Waals surface area contributed by atoms with Gasteiger partial charge in [-0.1, -0.05) is 97.1 Å². The van der Waals surface area contributed by atoms with Gasteiger partial charge in [-0.2, -0.15) is 0 Å². The summed E-state index contributed by atoms with van der Waals surface area (Å²) in [5.74, 6) is -1.08. The van der Waals surface area contributed by atoms with Crippen molar-refractivity contribution in [2.75, 3.05) is 13.2 Å². The third-order valence-electron chi connectivity index (χ3n) is 7.87. The SMILES string of the molecule is C=CC[C@H](OC(C)=O)[C@@H](C=C[C@H]1COC(C)(C)O1)O[C@H]1/C=C\C[C@@H](OCc2ccccc2)[C@H](COCc2ccccc2)O[C@@H]1CC=C. The highest BCUT2D eigenvalue weighted by atomic mass is 16.7. The van der Waals surface area contributed by atoms with Crippen LogP contribution < -0.4 is 0 Å². The second-order valence-electron chi connectivity index (χ2n) is 12.2. The number of ether oxygens (including phenoxy) is 7. The lowest BCUT2D eigenvalue weighted by Crippen LogP contribution is -2.45. The lowest BCUT2D eigenvalue weighted by Gasteiger charge is -2.37. The van der Waals surface area contributed by atoms with Gasteiger partial charge in [-0.3, -0.25) is 4.79 Å². The molecule has 8 nitrogen and oxygen atoms in total. The van der Waals surface area contributed by atoms with Crippen molar-refractivity contribution in [1.29, 1.82) is 0 Å². The summed E-state index contributed by atoms with van der Waals surface area (Å²) in [5, 5.41) is 0. The standard InChI is InChI=1S/C39H50O8/c1-6-15-34(44-29(3)40)37(24-23-32-27-43-39(4,5)47-32)45-36-22-14-21-33(42-26-31-19-12-9-13-20-31)38(46-35(36)16-7-2)28-41-25-30-17-10-8-11-18-30/h6-14,17-20,22-24,32-38H,1-2,15-16,21,25-28H2,3-5H3/b22-14-,24-23?/t32-,33+,34-,35+,36-,37+,38-/m0/s1. The summed E-state index contributed by atoms with van der Waals surface area (Å²) in [6.07, 6.45) is 9.88. The number of rotatable bonds is 17. The third kappa shape index (κ3) is 12.3. The fraction of sp³-hybridized carbons (Fsp3) is 0.462. The maximum atomic E-state index is 12.1. The van der Waals surface area contributed by atoms with Crippen molar-refractivity contribution in [3.05, 3.63) is 121 Å². The molecule has 0 saturated carbocycles. The summed E-state index contributed by atoms with van der Waals surface area (Å²) in [5.41, 5.74) is 2.16. The van der Waals surface area contributed by atoms with E-state index < -0.39 is 36.2 Å². The normalized spacial score (nSPS) is 26.1. The van der Waals surface area contributed by atoms with Crippen LogP contribution in [0.4, 0.5) is 0 Å². The Morgan fingerprint density at radius 2 is 1.70 bits per heavy atom. The molecule has 1 fully saturated rings. The molecule has 47 heavy (non-hydrogen) atoms. The molecule has 2 aromatic carbocycles. The molecule has 2 aliphatic rings. The number of hydrogen-bond donors (Lipinski definition) is 0. The zero-order valence-electron chi connectivity index (χ0n) is 27.9. The first-order chi connectivity index (χ1) is 22.8. The molecule has 8 heteroatoms. The van der Waals surface area contributed by atoms with Crippen LogP contribution in [-0.2, 0) is 51.2 Å².